The average molecular weight is 266 g/mol. The van der Waals surface area contributed by atoms with E-state index in [0.29, 0.717) is 0 Å². The number of halogens is 4. The van der Waals surface area contributed by atoms with Crippen molar-refractivity contribution >= 4 is 11.4 Å². The maximum absolute atomic E-state index is 12.7. The molecule has 3 N–H and O–H groups in total. The van der Waals surface area contributed by atoms with Crippen LogP contribution in [0.2, 0.25) is 0 Å². The molecule has 1 aromatic rings. The molecular weight excluding hydrogens is 252 g/mol. The van der Waals surface area contributed by atoms with E-state index >= 15 is 0 Å². The standard InChI is InChI=1S/C11H14F4N2O/c12-10(13)6-18-4-3-17-9-2-1-7(16)5-8(9)11(14)15/h1-2,5,10-11,17H,3-4,6,16H2. The Morgan fingerprint density at radius 1 is 1.22 bits per heavy atom. The molecule has 0 atom stereocenters. The monoisotopic (exact) mass is 266 g/mol. The molecule has 0 aromatic heterocycles. The molecule has 0 spiro atoms. The number of hydrogen-bond donors (Lipinski definition) is 2. The summed E-state index contributed by atoms with van der Waals surface area (Å²) >= 11 is 0. The summed E-state index contributed by atoms with van der Waals surface area (Å²) in [7, 11) is 0. The summed E-state index contributed by atoms with van der Waals surface area (Å²) in [6, 6.07) is 4.07. The summed E-state index contributed by atoms with van der Waals surface area (Å²) in [6.07, 6.45) is -5.18. The van der Waals surface area contributed by atoms with Gasteiger partial charge >= 0.3 is 0 Å². The van der Waals surface area contributed by atoms with Gasteiger partial charge in [0, 0.05) is 23.5 Å². The lowest BCUT2D eigenvalue weighted by Crippen LogP contribution is -2.14. The fourth-order valence-electron chi connectivity index (χ4n) is 1.35. The van der Waals surface area contributed by atoms with E-state index in [1.54, 1.807) is 0 Å². The fraction of sp³-hybridized carbons (Fsp3) is 0.455. The Labute approximate surface area is 102 Å². The van der Waals surface area contributed by atoms with Crippen molar-refractivity contribution in [2.75, 3.05) is 30.8 Å². The van der Waals surface area contributed by atoms with Crippen molar-refractivity contribution < 1.29 is 22.3 Å². The van der Waals surface area contributed by atoms with Crippen LogP contribution in [0.3, 0.4) is 0 Å². The van der Waals surface area contributed by atoms with E-state index in [2.05, 4.69) is 10.1 Å². The molecule has 7 heteroatoms. The van der Waals surface area contributed by atoms with Gasteiger partial charge in [0.25, 0.3) is 12.9 Å². The third kappa shape index (κ3) is 4.79. The van der Waals surface area contributed by atoms with E-state index in [9.17, 15) is 17.6 Å². The number of ether oxygens (including phenoxy) is 1. The van der Waals surface area contributed by atoms with Crippen LogP contribution in [-0.4, -0.2) is 26.2 Å². The van der Waals surface area contributed by atoms with Crippen LogP contribution in [0.25, 0.3) is 0 Å². The molecule has 0 unspecified atom stereocenters. The smallest absolute Gasteiger partial charge is 0.265 e. The SMILES string of the molecule is Nc1ccc(NCCOCC(F)F)c(C(F)F)c1. The van der Waals surface area contributed by atoms with Crippen LogP contribution in [0.4, 0.5) is 28.9 Å². The third-order valence-corrected chi connectivity index (χ3v) is 2.12. The Bertz CT molecular complexity index is 374. The Balaban J connectivity index is 2.46. The maximum atomic E-state index is 12.7. The summed E-state index contributed by atoms with van der Waals surface area (Å²) in [4.78, 5) is 0. The first-order valence-electron chi connectivity index (χ1n) is 5.28. The van der Waals surface area contributed by atoms with E-state index in [1.165, 1.54) is 18.2 Å². The second-order valence-corrected chi connectivity index (χ2v) is 3.54. The van der Waals surface area contributed by atoms with Gasteiger partial charge in [-0.25, -0.2) is 17.6 Å². The number of nitrogens with one attached hydrogen (secondary N) is 1. The van der Waals surface area contributed by atoms with Crippen LogP contribution in [0.5, 0.6) is 0 Å². The van der Waals surface area contributed by atoms with Crippen molar-refractivity contribution in [1.82, 2.24) is 0 Å². The molecule has 0 amide bonds. The Kier molecular flexibility index (Phi) is 5.70. The van der Waals surface area contributed by atoms with Crippen LogP contribution >= 0.6 is 0 Å². The van der Waals surface area contributed by atoms with Gasteiger partial charge in [-0.15, -0.1) is 0 Å². The van der Waals surface area contributed by atoms with E-state index < -0.39 is 19.5 Å². The molecule has 0 saturated heterocycles. The predicted molar refractivity (Wildman–Crippen MR) is 61.1 cm³/mol. The number of benzene rings is 1. The molecule has 1 aromatic carbocycles. The van der Waals surface area contributed by atoms with Gasteiger partial charge in [-0.3, -0.25) is 0 Å². The highest BCUT2D eigenvalue weighted by Gasteiger charge is 2.13. The van der Waals surface area contributed by atoms with Gasteiger partial charge in [-0.2, -0.15) is 0 Å². The topological polar surface area (TPSA) is 47.3 Å². The zero-order valence-electron chi connectivity index (χ0n) is 9.51. The maximum Gasteiger partial charge on any atom is 0.265 e. The molecular formula is C11H14F4N2O. The molecule has 0 heterocycles. The van der Waals surface area contributed by atoms with Gasteiger partial charge in [0.15, 0.2) is 0 Å². The highest BCUT2D eigenvalue weighted by molar-refractivity contribution is 5.58. The zero-order valence-corrected chi connectivity index (χ0v) is 9.51. The van der Waals surface area contributed by atoms with E-state index in [-0.39, 0.29) is 30.1 Å². The van der Waals surface area contributed by atoms with Crippen LogP contribution < -0.4 is 11.1 Å². The van der Waals surface area contributed by atoms with E-state index in [0.717, 1.165) is 0 Å². The van der Waals surface area contributed by atoms with Crippen LogP contribution in [-0.2, 0) is 4.74 Å². The average Bonchev–Trinajstić information content (AvgIpc) is 2.29. The number of hydrogen-bond acceptors (Lipinski definition) is 3. The molecule has 3 nitrogen and oxygen atoms in total. The first-order chi connectivity index (χ1) is 8.50. The Hall–Kier alpha value is -1.50. The first kappa shape index (κ1) is 14.6. The third-order valence-electron chi connectivity index (χ3n) is 2.12. The van der Waals surface area contributed by atoms with Crippen molar-refractivity contribution in [2.24, 2.45) is 0 Å². The predicted octanol–water partition coefficient (Wildman–Crippen LogP) is 2.90. The van der Waals surface area contributed by atoms with Gasteiger partial charge in [-0.05, 0) is 18.2 Å². The van der Waals surface area contributed by atoms with Gasteiger partial charge < -0.3 is 15.8 Å². The minimum absolute atomic E-state index is 0.0113. The largest absolute Gasteiger partial charge is 0.399 e. The Morgan fingerprint density at radius 3 is 2.56 bits per heavy atom. The van der Waals surface area contributed by atoms with Crippen molar-refractivity contribution in [2.45, 2.75) is 12.9 Å². The van der Waals surface area contributed by atoms with Crippen molar-refractivity contribution in [3.05, 3.63) is 23.8 Å². The lowest BCUT2D eigenvalue weighted by atomic mass is 10.1. The van der Waals surface area contributed by atoms with Gasteiger partial charge in [0.2, 0.25) is 0 Å². The highest BCUT2D eigenvalue weighted by Crippen LogP contribution is 2.28. The molecule has 102 valence electrons. The molecule has 0 bridgehead atoms. The van der Waals surface area contributed by atoms with Gasteiger partial charge in [0.05, 0.1) is 6.61 Å². The molecule has 0 aliphatic heterocycles. The highest BCUT2D eigenvalue weighted by atomic mass is 19.3. The second-order valence-electron chi connectivity index (χ2n) is 3.54. The lowest BCUT2D eigenvalue weighted by Gasteiger charge is -2.12. The minimum atomic E-state index is -2.65. The molecule has 18 heavy (non-hydrogen) atoms. The van der Waals surface area contributed by atoms with Crippen molar-refractivity contribution in [3.63, 3.8) is 0 Å². The number of nitrogen functional groups attached to an aromatic ring is 1. The quantitative estimate of drug-likeness (QED) is 0.453. The molecule has 0 fully saturated rings. The summed E-state index contributed by atoms with van der Waals surface area (Å²) in [5.74, 6) is 0. The first-order valence-corrected chi connectivity index (χ1v) is 5.28. The van der Waals surface area contributed by atoms with Gasteiger partial charge in [-0.1, -0.05) is 0 Å². The van der Waals surface area contributed by atoms with E-state index in [1.807, 2.05) is 0 Å². The Morgan fingerprint density at radius 2 is 1.94 bits per heavy atom. The lowest BCUT2D eigenvalue weighted by molar-refractivity contribution is 0.0215. The number of rotatable bonds is 7. The van der Waals surface area contributed by atoms with Crippen LogP contribution in [0.1, 0.15) is 12.0 Å². The second kappa shape index (κ2) is 7.05. The molecule has 0 saturated carbocycles. The number of nitrogens with two attached hydrogens (primary N) is 1. The van der Waals surface area contributed by atoms with Crippen molar-refractivity contribution in [3.8, 4) is 0 Å². The van der Waals surface area contributed by atoms with E-state index in [4.69, 9.17) is 5.73 Å². The fourth-order valence-corrected chi connectivity index (χ4v) is 1.35. The molecule has 0 radical (unpaired) electrons. The minimum Gasteiger partial charge on any atom is -0.399 e. The summed E-state index contributed by atoms with van der Waals surface area (Å²) in [5, 5.41) is 2.69. The zero-order chi connectivity index (χ0) is 13.5. The summed E-state index contributed by atoms with van der Waals surface area (Å²) in [5.41, 5.74) is 5.65. The summed E-state index contributed by atoms with van der Waals surface area (Å²) < 4.78 is 53.4. The molecule has 0 aliphatic carbocycles. The number of alkyl halides is 4. The van der Waals surface area contributed by atoms with Crippen molar-refractivity contribution in [1.29, 1.82) is 0 Å². The molecule has 1 rings (SSSR count). The summed E-state index contributed by atoms with van der Waals surface area (Å²) in [6.45, 7) is -0.487. The van der Waals surface area contributed by atoms with Crippen LogP contribution in [0, 0.1) is 0 Å². The molecule has 0 aliphatic rings. The van der Waals surface area contributed by atoms with Gasteiger partial charge in [0.1, 0.15) is 6.61 Å². The van der Waals surface area contributed by atoms with Crippen LogP contribution in [0.15, 0.2) is 18.2 Å². The number of anilines is 2. The normalized spacial score (nSPS) is 11.2.